The van der Waals surface area contributed by atoms with Crippen LogP contribution in [0.1, 0.15) is 6.42 Å². The molecule has 0 aliphatic carbocycles. The van der Waals surface area contributed by atoms with Gasteiger partial charge in [-0.1, -0.05) is 11.6 Å². The number of rotatable bonds is 6. The summed E-state index contributed by atoms with van der Waals surface area (Å²) in [6, 6.07) is 3.44. The van der Waals surface area contributed by atoms with E-state index in [2.05, 4.69) is 4.72 Å². The Morgan fingerprint density at radius 3 is 2.72 bits per heavy atom. The molecule has 0 bridgehead atoms. The Morgan fingerprint density at radius 2 is 2.17 bits per heavy atom. The first-order valence-corrected chi connectivity index (χ1v) is 7.08. The standard InChI is InChI=1S/C10H15ClFN3O2S/c1-15(6-2-5-13)18(16,17)14-10-4-3-8(12)7-9(10)11/h3-4,7,14H,2,5-6,13H2,1H3. The highest BCUT2D eigenvalue weighted by molar-refractivity contribution is 7.90. The number of nitrogens with zero attached hydrogens (tertiary/aromatic N) is 1. The van der Waals surface area contributed by atoms with Crippen LogP contribution >= 0.6 is 11.6 Å². The van der Waals surface area contributed by atoms with Gasteiger partial charge in [0.1, 0.15) is 5.82 Å². The lowest BCUT2D eigenvalue weighted by molar-refractivity contribution is 0.468. The normalized spacial score (nSPS) is 11.8. The lowest BCUT2D eigenvalue weighted by Crippen LogP contribution is -2.34. The lowest BCUT2D eigenvalue weighted by atomic mass is 10.3. The first-order chi connectivity index (χ1) is 8.36. The van der Waals surface area contributed by atoms with Crippen LogP contribution in [0.3, 0.4) is 0 Å². The van der Waals surface area contributed by atoms with Gasteiger partial charge >= 0.3 is 10.2 Å². The number of nitrogens with one attached hydrogen (secondary N) is 1. The maximum atomic E-state index is 12.8. The monoisotopic (exact) mass is 295 g/mol. The van der Waals surface area contributed by atoms with Gasteiger partial charge in [-0.3, -0.25) is 4.72 Å². The molecule has 8 heteroatoms. The molecule has 0 saturated heterocycles. The molecule has 102 valence electrons. The molecule has 18 heavy (non-hydrogen) atoms. The van der Waals surface area contributed by atoms with Crippen LogP contribution in [0.15, 0.2) is 18.2 Å². The molecule has 0 saturated carbocycles. The van der Waals surface area contributed by atoms with Crippen molar-refractivity contribution in [1.82, 2.24) is 4.31 Å². The third kappa shape index (κ3) is 4.09. The van der Waals surface area contributed by atoms with Crippen LogP contribution in [0, 0.1) is 5.82 Å². The first kappa shape index (κ1) is 15.2. The zero-order chi connectivity index (χ0) is 13.8. The lowest BCUT2D eigenvalue weighted by Gasteiger charge is -2.18. The molecule has 0 unspecified atom stereocenters. The van der Waals surface area contributed by atoms with Gasteiger partial charge in [-0.15, -0.1) is 0 Å². The van der Waals surface area contributed by atoms with Crippen molar-refractivity contribution in [3.63, 3.8) is 0 Å². The van der Waals surface area contributed by atoms with E-state index in [1.807, 2.05) is 0 Å². The summed E-state index contributed by atoms with van der Waals surface area (Å²) >= 11 is 5.74. The Kier molecular flexibility index (Phi) is 5.33. The van der Waals surface area contributed by atoms with E-state index in [1.54, 1.807) is 0 Å². The van der Waals surface area contributed by atoms with E-state index in [1.165, 1.54) is 13.1 Å². The van der Waals surface area contributed by atoms with E-state index in [4.69, 9.17) is 17.3 Å². The minimum atomic E-state index is -3.70. The number of benzene rings is 1. The zero-order valence-electron chi connectivity index (χ0n) is 9.86. The summed E-state index contributed by atoms with van der Waals surface area (Å²) in [6.07, 6.45) is 0.550. The highest BCUT2D eigenvalue weighted by atomic mass is 35.5. The summed E-state index contributed by atoms with van der Waals surface area (Å²) in [5.41, 5.74) is 5.45. The van der Waals surface area contributed by atoms with Crippen LogP contribution in [0.2, 0.25) is 5.02 Å². The Hall–Kier alpha value is -0.890. The van der Waals surface area contributed by atoms with Crippen molar-refractivity contribution >= 4 is 27.5 Å². The van der Waals surface area contributed by atoms with Gasteiger partial charge in [-0.2, -0.15) is 12.7 Å². The van der Waals surface area contributed by atoms with Gasteiger partial charge in [0.15, 0.2) is 0 Å². The molecule has 0 fully saturated rings. The molecule has 3 N–H and O–H groups in total. The smallest absolute Gasteiger partial charge is 0.301 e. The van der Waals surface area contributed by atoms with E-state index in [-0.39, 0.29) is 10.7 Å². The van der Waals surface area contributed by atoms with Crippen LogP contribution < -0.4 is 10.5 Å². The molecular weight excluding hydrogens is 281 g/mol. The number of nitrogens with two attached hydrogens (primary N) is 1. The van der Waals surface area contributed by atoms with Gasteiger partial charge in [-0.25, -0.2) is 4.39 Å². The maximum Gasteiger partial charge on any atom is 0.301 e. The van der Waals surface area contributed by atoms with E-state index < -0.39 is 16.0 Å². The number of halogens is 2. The summed E-state index contributed by atoms with van der Waals surface area (Å²) in [5.74, 6) is -0.528. The summed E-state index contributed by atoms with van der Waals surface area (Å²) in [4.78, 5) is 0. The quantitative estimate of drug-likeness (QED) is 0.833. The molecule has 0 heterocycles. The zero-order valence-corrected chi connectivity index (χ0v) is 11.4. The highest BCUT2D eigenvalue weighted by Crippen LogP contribution is 2.23. The molecule has 1 rings (SSSR count). The Morgan fingerprint density at radius 1 is 1.50 bits per heavy atom. The van der Waals surface area contributed by atoms with Gasteiger partial charge in [0.05, 0.1) is 10.7 Å². The van der Waals surface area contributed by atoms with Crippen LogP contribution in [-0.4, -0.2) is 32.9 Å². The molecule has 0 atom stereocenters. The van der Waals surface area contributed by atoms with E-state index in [0.717, 1.165) is 16.4 Å². The maximum absolute atomic E-state index is 12.8. The predicted molar refractivity (Wildman–Crippen MR) is 70.3 cm³/mol. The fraction of sp³-hybridized carbons (Fsp3) is 0.400. The number of anilines is 1. The average molecular weight is 296 g/mol. The van der Waals surface area contributed by atoms with Gasteiger partial charge in [0.2, 0.25) is 0 Å². The second kappa shape index (κ2) is 6.33. The van der Waals surface area contributed by atoms with Crippen LogP contribution in [0.25, 0.3) is 0 Å². The molecule has 0 amide bonds. The van der Waals surface area contributed by atoms with E-state index >= 15 is 0 Å². The molecule has 1 aromatic carbocycles. The van der Waals surface area contributed by atoms with Crippen LogP contribution in [0.4, 0.5) is 10.1 Å². The Bertz CT molecular complexity index is 510. The molecule has 0 aliphatic rings. The molecule has 0 radical (unpaired) electrons. The fourth-order valence-electron chi connectivity index (χ4n) is 1.22. The van der Waals surface area contributed by atoms with E-state index in [9.17, 15) is 12.8 Å². The summed E-state index contributed by atoms with van der Waals surface area (Å²) in [6.45, 7) is 0.696. The predicted octanol–water partition coefficient (Wildman–Crippen LogP) is 1.42. The molecule has 1 aromatic rings. The first-order valence-electron chi connectivity index (χ1n) is 5.26. The van der Waals surface area contributed by atoms with Gasteiger partial charge in [0, 0.05) is 13.6 Å². The van der Waals surface area contributed by atoms with Crippen molar-refractivity contribution in [3.05, 3.63) is 29.0 Å². The Labute approximate surface area is 111 Å². The minimum Gasteiger partial charge on any atom is -0.330 e. The van der Waals surface area contributed by atoms with Crippen LogP contribution in [-0.2, 0) is 10.2 Å². The highest BCUT2D eigenvalue weighted by Gasteiger charge is 2.18. The minimum absolute atomic E-state index is 0.00537. The van der Waals surface area contributed by atoms with Crippen molar-refractivity contribution < 1.29 is 12.8 Å². The second-order valence-electron chi connectivity index (χ2n) is 3.70. The summed E-state index contributed by atoms with van der Waals surface area (Å²) in [5, 5.41) is 0.00537. The SMILES string of the molecule is CN(CCCN)S(=O)(=O)Nc1ccc(F)cc1Cl. The summed E-state index contributed by atoms with van der Waals surface area (Å²) in [7, 11) is -2.27. The third-order valence-corrected chi connectivity index (χ3v) is 4.05. The second-order valence-corrected chi connectivity index (χ2v) is 5.88. The van der Waals surface area contributed by atoms with Crippen molar-refractivity contribution in [3.8, 4) is 0 Å². The Balaban J connectivity index is 2.82. The van der Waals surface area contributed by atoms with Crippen LogP contribution in [0.5, 0.6) is 0 Å². The summed E-state index contributed by atoms with van der Waals surface area (Å²) < 4.78 is 40.0. The molecule has 5 nitrogen and oxygen atoms in total. The fourth-order valence-corrected chi connectivity index (χ4v) is 2.47. The van der Waals surface area contributed by atoms with Gasteiger partial charge < -0.3 is 5.73 Å². The molecule has 0 spiro atoms. The number of hydrogen-bond acceptors (Lipinski definition) is 3. The molecule has 0 aliphatic heterocycles. The van der Waals surface area contributed by atoms with E-state index in [0.29, 0.717) is 19.5 Å². The van der Waals surface area contributed by atoms with Crippen molar-refractivity contribution in [2.75, 3.05) is 24.9 Å². The van der Waals surface area contributed by atoms with Crippen molar-refractivity contribution in [2.24, 2.45) is 5.73 Å². The van der Waals surface area contributed by atoms with Gasteiger partial charge in [-0.05, 0) is 31.2 Å². The third-order valence-electron chi connectivity index (χ3n) is 2.26. The van der Waals surface area contributed by atoms with Crippen molar-refractivity contribution in [2.45, 2.75) is 6.42 Å². The van der Waals surface area contributed by atoms with Gasteiger partial charge in [0.25, 0.3) is 0 Å². The average Bonchev–Trinajstić information content (AvgIpc) is 2.29. The largest absolute Gasteiger partial charge is 0.330 e. The topological polar surface area (TPSA) is 75.4 Å². The molecule has 0 aromatic heterocycles. The molecular formula is C10H15ClFN3O2S. The van der Waals surface area contributed by atoms with Crippen molar-refractivity contribution in [1.29, 1.82) is 0 Å². The number of hydrogen-bond donors (Lipinski definition) is 2.